The first-order valence-electron chi connectivity index (χ1n) is 3.76. The van der Waals surface area contributed by atoms with Crippen LogP contribution < -0.4 is 5.32 Å². The fourth-order valence-electron chi connectivity index (χ4n) is 0.675. The third-order valence-electron chi connectivity index (χ3n) is 1.23. The molecule has 0 atom stereocenters. The third kappa shape index (κ3) is 3.86. The zero-order chi connectivity index (χ0) is 10.2. The molecule has 1 aromatic heterocycles. The fourth-order valence-corrected chi connectivity index (χ4v) is 1.16. The normalized spacial score (nSPS) is 9.36. The number of amides is 1. The molecule has 0 radical (unpaired) electrons. The lowest BCUT2D eigenvalue weighted by Gasteiger charge is -1.99. The van der Waals surface area contributed by atoms with E-state index in [0.29, 0.717) is 11.6 Å². The van der Waals surface area contributed by atoms with Crippen LogP contribution in [-0.2, 0) is 11.3 Å². The van der Waals surface area contributed by atoms with Crippen molar-refractivity contribution in [3.8, 4) is 6.07 Å². The van der Waals surface area contributed by atoms with Gasteiger partial charge in [0.15, 0.2) is 5.82 Å². The summed E-state index contributed by atoms with van der Waals surface area (Å²) in [7, 11) is 0. The summed E-state index contributed by atoms with van der Waals surface area (Å²) in [5.41, 5.74) is 0. The number of hydrogen-bond donors (Lipinski definition) is 2. The Hall–Kier alpha value is -1.62. The van der Waals surface area contributed by atoms with Crippen LogP contribution in [0.3, 0.4) is 0 Å². The second kappa shape index (κ2) is 5.93. The predicted octanol–water partition coefficient (Wildman–Crippen LogP) is -0.927. The first-order chi connectivity index (χ1) is 6.83. The predicted molar refractivity (Wildman–Crippen MR) is 49.0 cm³/mol. The van der Waals surface area contributed by atoms with Gasteiger partial charge in [0.1, 0.15) is 0 Å². The molecule has 0 saturated heterocycles. The maximum Gasteiger partial charge on any atom is 0.230 e. The van der Waals surface area contributed by atoms with Gasteiger partial charge in [0.05, 0.1) is 24.1 Å². The van der Waals surface area contributed by atoms with E-state index in [9.17, 15) is 4.79 Å². The van der Waals surface area contributed by atoms with Crippen LogP contribution in [0, 0.1) is 11.3 Å². The van der Waals surface area contributed by atoms with Gasteiger partial charge in [0.25, 0.3) is 0 Å². The Morgan fingerprint density at radius 1 is 1.71 bits per heavy atom. The number of carbonyl (C=O) groups excluding carboxylic acids is 1. The molecule has 1 heterocycles. The highest BCUT2D eigenvalue weighted by Gasteiger charge is 2.03. The lowest BCUT2D eigenvalue weighted by Crippen LogP contribution is -2.25. The summed E-state index contributed by atoms with van der Waals surface area (Å²) in [6, 6.07) is 1.94. The molecule has 8 heteroatoms. The van der Waals surface area contributed by atoms with Crippen molar-refractivity contribution in [1.82, 2.24) is 25.9 Å². The van der Waals surface area contributed by atoms with Gasteiger partial charge < -0.3 is 5.32 Å². The van der Waals surface area contributed by atoms with Gasteiger partial charge in [-0.1, -0.05) is 5.21 Å². The minimum Gasteiger partial charge on any atom is -0.348 e. The summed E-state index contributed by atoms with van der Waals surface area (Å²) >= 11 is 1.26. The van der Waals surface area contributed by atoms with Gasteiger partial charge in [0, 0.05) is 0 Å². The van der Waals surface area contributed by atoms with E-state index < -0.39 is 0 Å². The summed E-state index contributed by atoms with van der Waals surface area (Å²) in [4.78, 5) is 11.1. The average Bonchev–Trinajstić information content (AvgIpc) is 2.68. The number of hydrogen-bond acceptors (Lipinski definition) is 6. The van der Waals surface area contributed by atoms with Gasteiger partial charge in [-0.25, -0.2) is 0 Å². The van der Waals surface area contributed by atoms with Crippen molar-refractivity contribution in [3.63, 3.8) is 0 Å². The zero-order valence-electron chi connectivity index (χ0n) is 7.23. The van der Waals surface area contributed by atoms with Crippen LogP contribution in [0.1, 0.15) is 5.82 Å². The molecular formula is C6H8N6OS. The summed E-state index contributed by atoms with van der Waals surface area (Å²) in [5, 5.41) is 23.8. The molecule has 1 aromatic rings. The van der Waals surface area contributed by atoms with Crippen LogP contribution >= 0.6 is 11.8 Å². The SMILES string of the molecule is N#CCSCC(=O)NCc1nn[nH]n1. The zero-order valence-corrected chi connectivity index (χ0v) is 8.04. The molecule has 0 saturated carbocycles. The van der Waals surface area contributed by atoms with E-state index in [2.05, 4.69) is 25.9 Å². The highest BCUT2D eigenvalue weighted by Crippen LogP contribution is 1.96. The number of nitriles is 1. The van der Waals surface area contributed by atoms with E-state index >= 15 is 0 Å². The standard InChI is InChI=1S/C6H8N6OS/c7-1-2-14-4-6(13)8-3-5-9-11-12-10-5/h2-4H2,(H,8,13)(H,9,10,11,12). The van der Waals surface area contributed by atoms with Crippen molar-refractivity contribution in [2.24, 2.45) is 0 Å². The summed E-state index contributed by atoms with van der Waals surface area (Å²) in [5.74, 6) is 0.875. The highest BCUT2D eigenvalue weighted by molar-refractivity contribution is 8.00. The Kier molecular flexibility index (Phi) is 4.43. The summed E-state index contributed by atoms with van der Waals surface area (Å²) < 4.78 is 0. The molecule has 0 unspecified atom stereocenters. The number of aromatic amines is 1. The van der Waals surface area contributed by atoms with E-state index in [1.54, 1.807) is 0 Å². The molecule has 0 bridgehead atoms. The molecule has 7 nitrogen and oxygen atoms in total. The third-order valence-corrected chi connectivity index (χ3v) is 2.03. The maximum absolute atomic E-state index is 11.1. The Morgan fingerprint density at radius 2 is 2.57 bits per heavy atom. The first-order valence-corrected chi connectivity index (χ1v) is 4.92. The van der Waals surface area contributed by atoms with Gasteiger partial charge in [-0.3, -0.25) is 4.79 Å². The maximum atomic E-state index is 11.1. The van der Waals surface area contributed by atoms with Crippen molar-refractivity contribution >= 4 is 17.7 Å². The summed E-state index contributed by atoms with van der Waals surface area (Å²) in [6.07, 6.45) is 0. The van der Waals surface area contributed by atoms with E-state index in [1.807, 2.05) is 6.07 Å². The van der Waals surface area contributed by atoms with Crippen LogP contribution in [0.15, 0.2) is 0 Å². The molecule has 1 amide bonds. The number of thioether (sulfide) groups is 1. The van der Waals surface area contributed by atoms with Crippen LogP contribution in [0.5, 0.6) is 0 Å². The molecule has 0 spiro atoms. The second-order valence-electron chi connectivity index (χ2n) is 2.26. The number of tetrazole rings is 1. The fraction of sp³-hybridized carbons (Fsp3) is 0.500. The number of carbonyl (C=O) groups is 1. The van der Waals surface area contributed by atoms with Crippen LogP contribution in [0.25, 0.3) is 0 Å². The highest BCUT2D eigenvalue weighted by atomic mass is 32.2. The van der Waals surface area contributed by atoms with Gasteiger partial charge in [-0.2, -0.15) is 10.5 Å². The van der Waals surface area contributed by atoms with Crippen LogP contribution in [-0.4, -0.2) is 38.0 Å². The molecular weight excluding hydrogens is 204 g/mol. The quantitative estimate of drug-likeness (QED) is 0.611. The Morgan fingerprint density at radius 3 is 3.21 bits per heavy atom. The van der Waals surface area contributed by atoms with Crippen LogP contribution in [0.2, 0.25) is 0 Å². The molecule has 0 aliphatic carbocycles. The van der Waals surface area contributed by atoms with E-state index in [-0.39, 0.29) is 18.2 Å². The van der Waals surface area contributed by atoms with Crippen molar-refractivity contribution < 1.29 is 4.79 Å². The largest absolute Gasteiger partial charge is 0.348 e. The average molecular weight is 212 g/mol. The van der Waals surface area contributed by atoms with E-state index in [4.69, 9.17) is 5.26 Å². The van der Waals surface area contributed by atoms with Crippen molar-refractivity contribution in [1.29, 1.82) is 5.26 Å². The molecule has 0 aliphatic rings. The number of H-pyrrole nitrogens is 1. The van der Waals surface area contributed by atoms with Gasteiger partial charge in [0.2, 0.25) is 5.91 Å². The van der Waals surface area contributed by atoms with Gasteiger partial charge >= 0.3 is 0 Å². The number of rotatable bonds is 5. The van der Waals surface area contributed by atoms with Gasteiger partial charge in [-0.05, 0) is 0 Å². The monoisotopic (exact) mass is 212 g/mol. The molecule has 2 N–H and O–H groups in total. The molecule has 14 heavy (non-hydrogen) atoms. The van der Waals surface area contributed by atoms with Crippen LogP contribution in [0.4, 0.5) is 0 Å². The van der Waals surface area contributed by atoms with E-state index in [0.717, 1.165) is 0 Å². The Labute approximate surface area is 84.3 Å². The second-order valence-corrected chi connectivity index (χ2v) is 3.24. The Balaban J connectivity index is 2.13. The number of aromatic nitrogens is 4. The minimum atomic E-state index is -0.143. The topological polar surface area (TPSA) is 107 Å². The molecule has 0 fully saturated rings. The summed E-state index contributed by atoms with van der Waals surface area (Å²) in [6.45, 7) is 0.252. The van der Waals surface area contributed by atoms with Gasteiger partial charge in [-0.15, -0.1) is 22.0 Å². The van der Waals surface area contributed by atoms with Crippen molar-refractivity contribution in [2.75, 3.05) is 11.5 Å². The van der Waals surface area contributed by atoms with Crippen molar-refractivity contribution in [2.45, 2.75) is 6.54 Å². The van der Waals surface area contributed by atoms with Crippen molar-refractivity contribution in [3.05, 3.63) is 5.82 Å². The smallest absolute Gasteiger partial charge is 0.230 e. The molecule has 1 rings (SSSR count). The lowest BCUT2D eigenvalue weighted by atomic mass is 10.6. The van der Waals surface area contributed by atoms with E-state index in [1.165, 1.54) is 11.8 Å². The first kappa shape index (κ1) is 10.5. The molecule has 74 valence electrons. The molecule has 0 aliphatic heterocycles. The molecule has 0 aromatic carbocycles. The lowest BCUT2D eigenvalue weighted by molar-refractivity contribution is -0.118. The number of nitrogens with zero attached hydrogens (tertiary/aromatic N) is 4. The Bertz CT molecular complexity index is 318. The number of nitrogens with one attached hydrogen (secondary N) is 2. The minimum absolute atomic E-state index is 0.143.